The highest BCUT2D eigenvalue weighted by Gasteiger charge is 2.58. The van der Waals surface area contributed by atoms with Crippen molar-refractivity contribution in [2.75, 3.05) is 33.3 Å². The molecule has 0 aromatic carbocycles. The van der Waals surface area contributed by atoms with E-state index in [0.29, 0.717) is 17.2 Å². The van der Waals surface area contributed by atoms with Crippen molar-refractivity contribution in [1.29, 1.82) is 0 Å². The zero-order valence-corrected chi connectivity index (χ0v) is 12.0. The van der Waals surface area contributed by atoms with E-state index < -0.39 is 0 Å². The van der Waals surface area contributed by atoms with Gasteiger partial charge in [0, 0.05) is 26.1 Å². The molecule has 3 fully saturated rings. The third-order valence-electron chi connectivity index (χ3n) is 5.21. The Hall–Kier alpha value is -0.610. The number of amides is 1. The second-order valence-electron chi connectivity index (χ2n) is 6.58. The summed E-state index contributed by atoms with van der Waals surface area (Å²) in [6.45, 7) is 3.81. The Morgan fingerprint density at radius 3 is 2.84 bits per heavy atom. The highest BCUT2D eigenvalue weighted by atomic mass is 16.5. The van der Waals surface area contributed by atoms with Gasteiger partial charge in [-0.15, -0.1) is 0 Å². The van der Waals surface area contributed by atoms with Crippen LogP contribution in [0, 0.1) is 11.3 Å². The summed E-state index contributed by atoms with van der Waals surface area (Å²) in [4.78, 5) is 14.4. The van der Waals surface area contributed by atoms with Crippen LogP contribution >= 0.6 is 0 Å². The van der Waals surface area contributed by atoms with Gasteiger partial charge in [0.2, 0.25) is 5.91 Å². The molecule has 1 saturated carbocycles. The topological polar surface area (TPSA) is 41.6 Å². The van der Waals surface area contributed by atoms with Gasteiger partial charge in [0.15, 0.2) is 0 Å². The molecule has 4 nitrogen and oxygen atoms in total. The average Bonchev–Trinajstić information content (AvgIpc) is 3.13. The van der Waals surface area contributed by atoms with Crippen LogP contribution in [0.5, 0.6) is 0 Å². The molecule has 3 rings (SSSR count). The van der Waals surface area contributed by atoms with Gasteiger partial charge in [0.05, 0.1) is 6.10 Å². The third-order valence-corrected chi connectivity index (χ3v) is 5.21. The smallest absolute Gasteiger partial charge is 0.226 e. The van der Waals surface area contributed by atoms with Gasteiger partial charge in [-0.25, -0.2) is 0 Å². The molecule has 0 bridgehead atoms. The van der Waals surface area contributed by atoms with Crippen LogP contribution in [0.4, 0.5) is 0 Å². The number of ether oxygens (including phenoxy) is 1. The predicted molar refractivity (Wildman–Crippen MR) is 73.9 cm³/mol. The number of hydrogen-bond acceptors (Lipinski definition) is 3. The largest absolute Gasteiger partial charge is 0.376 e. The number of rotatable bonds is 3. The number of piperidine rings is 1. The molecule has 0 aromatic rings. The SMILES string of the molecule is CN(CC1CCCCO1)C(=O)C1CC12CCNCC2. The van der Waals surface area contributed by atoms with Crippen molar-refractivity contribution < 1.29 is 9.53 Å². The number of carbonyl (C=O) groups is 1. The molecule has 0 aromatic heterocycles. The van der Waals surface area contributed by atoms with E-state index in [4.69, 9.17) is 4.74 Å². The molecule has 2 atom stereocenters. The fraction of sp³-hybridized carbons (Fsp3) is 0.933. The van der Waals surface area contributed by atoms with E-state index >= 15 is 0 Å². The van der Waals surface area contributed by atoms with E-state index in [9.17, 15) is 4.79 Å². The third kappa shape index (κ3) is 2.79. The number of hydrogen-bond donors (Lipinski definition) is 1. The molecule has 1 N–H and O–H groups in total. The van der Waals surface area contributed by atoms with Crippen molar-refractivity contribution in [2.45, 2.75) is 44.6 Å². The highest BCUT2D eigenvalue weighted by molar-refractivity contribution is 5.82. The zero-order valence-electron chi connectivity index (χ0n) is 12.0. The fourth-order valence-electron chi connectivity index (χ4n) is 3.79. The standard InChI is InChI=1S/C15H26N2O2/c1-17(11-12-4-2-3-9-19-12)14(18)13-10-15(13)5-7-16-8-6-15/h12-13,16H,2-11H2,1H3. The highest BCUT2D eigenvalue weighted by Crippen LogP contribution is 2.59. The van der Waals surface area contributed by atoms with E-state index in [0.717, 1.165) is 39.1 Å². The Balaban J connectivity index is 1.50. The molecule has 1 aliphatic carbocycles. The Bertz CT molecular complexity index is 333. The normalized spacial score (nSPS) is 33.1. The van der Waals surface area contributed by atoms with Gasteiger partial charge in [0.1, 0.15) is 0 Å². The van der Waals surface area contributed by atoms with Crippen LogP contribution < -0.4 is 5.32 Å². The van der Waals surface area contributed by atoms with Crippen LogP contribution in [-0.4, -0.2) is 50.2 Å². The first-order valence-electron chi connectivity index (χ1n) is 7.79. The van der Waals surface area contributed by atoms with Crippen LogP contribution in [0.25, 0.3) is 0 Å². The zero-order chi connectivity index (χ0) is 13.3. The lowest BCUT2D eigenvalue weighted by molar-refractivity contribution is -0.134. The summed E-state index contributed by atoms with van der Waals surface area (Å²) < 4.78 is 5.73. The lowest BCUT2D eigenvalue weighted by Gasteiger charge is -2.29. The molecule has 0 radical (unpaired) electrons. The summed E-state index contributed by atoms with van der Waals surface area (Å²) in [7, 11) is 1.95. The monoisotopic (exact) mass is 266 g/mol. The van der Waals surface area contributed by atoms with Crippen molar-refractivity contribution in [3.63, 3.8) is 0 Å². The minimum Gasteiger partial charge on any atom is -0.376 e. The van der Waals surface area contributed by atoms with E-state index in [1.54, 1.807) is 0 Å². The van der Waals surface area contributed by atoms with Crippen molar-refractivity contribution in [3.05, 3.63) is 0 Å². The van der Waals surface area contributed by atoms with Gasteiger partial charge in [-0.1, -0.05) is 0 Å². The maximum Gasteiger partial charge on any atom is 0.226 e. The molecular weight excluding hydrogens is 240 g/mol. The Labute approximate surface area is 115 Å². The first kappa shape index (κ1) is 13.4. The van der Waals surface area contributed by atoms with E-state index in [1.807, 2.05) is 11.9 Å². The molecule has 1 amide bonds. The second-order valence-corrected chi connectivity index (χ2v) is 6.58. The Kier molecular flexibility index (Phi) is 3.81. The van der Waals surface area contributed by atoms with Crippen LogP contribution in [0.3, 0.4) is 0 Å². The van der Waals surface area contributed by atoms with Gasteiger partial charge in [-0.05, 0) is 57.0 Å². The second kappa shape index (κ2) is 5.41. The molecule has 3 aliphatic rings. The lowest BCUT2D eigenvalue weighted by Crippen LogP contribution is -2.39. The fourth-order valence-corrected chi connectivity index (χ4v) is 3.79. The summed E-state index contributed by atoms with van der Waals surface area (Å²) in [6.07, 6.45) is 7.26. The van der Waals surface area contributed by atoms with Gasteiger partial charge < -0.3 is 15.0 Å². The van der Waals surface area contributed by atoms with E-state index in [1.165, 1.54) is 25.7 Å². The summed E-state index contributed by atoms with van der Waals surface area (Å²) in [5.74, 6) is 0.652. The van der Waals surface area contributed by atoms with Crippen molar-refractivity contribution in [3.8, 4) is 0 Å². The van der Waals surface area contributed by atoms with Gasteiger partial charge >= 0.3 is 0 Å². The lowest BCUT2D eigenvalue weighted by atomic mass is 9.91. The number of nitrogens with one attached hydrogen (secondary N) is 1. The van der Waals surface area contributed by atoms with Gasteiger partial charge in [-0.3, -0.25) is 4.79 Å². The number of likely N-dealkylation sites (N-methyl/N-ethyl adjacent to an activating group) is 1. The molecule has 1 spiro atoms. The number of carbonyl (C=O) groups excluding carboxylic acids is 1. The molecule has 19 heavy (non-hydrogen) atoms. The maximum atomic E-state index is 12.5. The summed E-state index contributed by atoms with van der Waals surface area (Å²) in [6, 6.07) is 0. The van der Waals surface area contributed by atoms with Crippen LogP contribution in [0.15, 0.2) is 0 Å². The number of nitrogens with zero attached hydrogens (tertiary/aromatic N) is 1. The van der Waals surface area contributed by atoms with Gasteiger partial charge in [0.25, 0.3) is 0 Å². The quantitative estimate of drug-likeness (QED) is 0.839. The Morgan fingerprint density at radius 1 is 1.37 bits per heavy atom. The van der Waals surface area contributed by atoms with Gasteiger partial charge in [-0.2, -0.15) is 0 Å². The molecule has 2 unspecified atom stereocenters. The van der Waals surface area contributed by atoms with Crippen molar-refractivity contribution in [1.82, 2.24) is 10.2 Å². The summed E-state index contributed by atoms with van der Waals surface area (Å²) >= 11 is 0. The average molecular weight is 266 g/mol. The summed E-state index contributed by atoms with van der Waals surface area (Å²) in [5, 5.41) is 3.39. The first-order chi connectivity index (χ1) is 9.21. The van der Waals surface area contributed by atoms with Crippen molar-refractivity contribution >= 4 is 5.91 Å². The minimum atomic E-state index is 0.269. The Morgan fingerprint density at radius 2 is 2.16 bits per heavy atom. The molecule has 2 heterocycles. The van der Waals surface area contributed by atoms with Crippen LogP contribution in [-0.2, 0) is 9.53 Å². The van der Waals surface area contributed by atoms with E-state index in [2.05, 4.69) is 5.32 Å². The van der Waals surface area contributed by atoms with E-state index in [-0.39, 0.29) is 6.10 Å². The summed E-state index contributed by atoms with van der Waals surface area (Å²) in [5.41, 5.74) is 0.351. The van der Waals surface area contributed by atoms with Crippen LogP contribution in [0.1, 0.15) is 38.5 Å². The van der Waals surface area contributed by atoms with Crippen LogP contribution in [0.2, 0.25) is 0 Å². The molecular formula is C15H26N2O2. The molecule has 2 saturated heterocycles. The molecule has 4 heteroatoms. The first-order valence-corrected chi connectivity index (χ1v) is 7.79. The predicted octanol–water partition coefficient (Wildman–Crippen LogP) is 1.40. The maximum absolute atomic E-state index is 12.5. The molecule has 2 aliphatic heterocycles. The minimum absolute atomic E-state index is 0.269. The molecule has 108 valence electrons. The van der Waals surface area contributed by atoms with Crippen molar-refractivity contribution in [2.24, 2.45) is 11.3 Å².